The standard InChI is InChI=1S/C16H22N2O4/c1-11-5-7-12(8-6-11)9-18-14(19)13(10-21-18)17-15(20)22-16(2,3)4/h5-8,13H,9-10H2,1-4H3,(H,17,20)/t13-/m1/s1. The average molecular weight is 306 g/mol. The second kappa shape index (κ2) is 6.36. The van der Waals surface area contributed by atoms with E-state index in [0.717, 1.165) is 11.1 Å². The van der Waals surface area contributed by atoms with Gasteiger partial charge in [0.2, 0.25) is 0 Å². The molecule has 1 N–H and O–H groups in total. The highest BCUT2D eigenvalue weighted by Gasteiger charge is 2.35. The first-order valence-electron chi connectivity index (χ1n) is 7.24. The lowest BCUT2D eigenvalue weighted by Gasteiger charge is -2.20. The Labute approximate surface area is 130 Å². The summed E-state index contributed by atoms with van der Waals surface area (Å²) in [5.74, 6) is -0.272. The fourth-order valence-corrected chi connectivity index (χ4v) is 2.01. The molecule has 2 amide bonds. The molecule has 0 aliphatic carbocycles. The highest BCUT2D eigenvalue weighted by Crippen LogP contribution is 2.15. The maximum Gasteiger partial charge on any atom is 0.408 e. The highest BCUT2D eigenvalue weighted by molar-refractivity contribution is 5.86. The smallest absolute Gasteiger partial charge is 0.408 e. The Morgan fingerprint density at radius 2 is 2.00 bits per heavy atom. The molecule has 22 heavy (non-hydrogen) atoms. The number of amides is 2. The van der Waals surface area contributed by atoms with Gasteiger partial charge in [-0.2, -0.15) is 0 Å². The van der Waals surface area contributed by atoms with Gasteiger partial charge in [0.25, 0.3) is 5.91 Å². The quantitative estimate of drug-likeness (QED) is 0.929. The minimum absolute atomic E-state index is 0.115. The summed E-state index contributed by atoms with van der Waals surface area (Å²) in [5, 5.41) is 3.80. The van der Waals surface area contributed by atoms with Crippen LogP contribution in [0.2, 0.25) is 0 Å². The monoisotopic (exact) mass is 306 g/mol. The maximum atomic E-state index is 12.2. The molecule has 6 nitrogen and oxygen atoms in total. The van der Waals surface area contributed by atoms with Crippen LogP contribution >= 0.6 is 0 Å². The summed E-state index contributed by atoms with van der Waals surface area (Å²) in [6, 6.07) is 7.14. The van der Waals surface area contributed by atoms with Crippen LogP contribution in [0.5, 0.6) is 0 Å². The molecule has 1 heterocycles. The summed E-state index contributed by atoms with van der Waals surface area (Å²) in [6.07, 6.45) is -0.619. The summed E-state index contributed by atoms with van der Waals surface area (Å²) in [4.78, 5) is 29.3. The average Bonchev–Trinajstić information content (AvgIpc) is 2.72. The summed E-state index contributed by atoms with van der Waals surface area (Å²) >= 11 is 0. The van der Waals surface area contributed by atoms with Crippen LogP contribution in [0.1, 0.15) is 31.9 Å². The number of alkyl carbamates (subject to hydrolysis) is 1. The first kappa shape index (κ1) is 16.3. The molecule has 6 heteroatoms. The molecule has 0 bridgehead atoms. The summed E-state index contributed by atoms with van der Waals surface area (Å²) in [5.41, 5.74) is 1.52. The topological polar surface area (TPSA) is 67.9 Å². The number of rotatable bonds is 3. The van der Waals surface area contributed by atoms with E-state index in [9.17, 15) is 9.59 Å². The number of aryl methyl sites for hydroxylation is 1. The van der Waals surface area contributed by atoms with Crippen LogP contribution in [0.15, 0.2) is 24.3 Å². The van der Waals surface area contributed by atoms with Gasteiger partial charge in [-0.15, -0.1) is 0 Å². The Kier molecular flexibility index (Phi) is 4.71. The Morgan fingerprint density at radius 1 is 1.36 bits per heavy atom. The van der Waals surface area contributed by atoms with Gasteiger partial charge in [-0.25, -0.2) is 9.86 Å². The van der Waals surface area contributed by atoms with E-state index in [0.29, 0.717) is 6.54 Å². The predicted octanol–water partition coefficient (Wildman–Crippen LogP) is 2.16. The Hall–Kier alpha value is -2.08. The van der Waals surface area contributed by atoms with Gasteiger partial charge >= 0.3 is 6.09 Å². The number of nitrogens with one attached hydrogen (secondary N) is 1. The number of hydroxylamine groups is 2. The third kappa shape index (κ3) is 4.46. The van der Waals surface area contributed by atoms with E-state index in [4.69, 9.17) is 9.57 Å². The van der Waals surface area contributed by atoms with Crippen LogP contribution < -0.4 is 5.32 Å². The highest BCUT2D eigenvalue weighted by atomic mass is 16.7. The lowest BCUT2D eigenvalue weighted by molar-refractivity contribution is -0.164. The SMILES string of the molecule is Cc1ccc(CN2OC[C@@H](NC(=O)OC(C)(C)C)C2=O)cc1. The molecule has 1 aliphatic heterocycles. The van der Waals surface area contributed by atoms with Crippen LogP contribution in [0.3, 0.4) is 0 Å². The first-order valence-corrected chi connectivity index (χ1v) is 7.24. The zero-order chi connectivity index (χ0) is 16.3. The second-order valence-corrected chi connectivity index (χ2v) is 6.36. The largest absolute Gasteiger partial charge is 0.444 e. The molecule has 0 unspecified atom stereocenters. The van der Waals surface area contributed by atoms with Crippen molar-refractivity contribution in [1.29, 1.82) is 0 Å². The minimum Gasteiger partial charge on any atom is -0.444 e. The number of hydrogen-bond acceptors (Lipinski definition) is 4. The second-order valence-electron chi connectivity index (χ2n) is 6.36. The van der Waals surface area contributed by atoms with E-state index in [2.05, 4.69) is 5.32 Å². The fraction of sp³-hybridized carbons (Fsp3) is 0.500. The van der Waals surface area contributed by atoms with Gasteiger partial charge < -0.3 is 10.1 Å². The lowest BCUT2D eigenvalue weighted by atomic mass is 10.1. The first-order chi connectivity index (χ1) is 10.2. The Morgan fingerprint density at radius 3 is 2.59 bits per heavy atom. The van der Waals surface area contributed by atoms with Crippen LogP contribution in [0.4, 0.5) is 4.79 Å². The van der Waals surface area contributed by atoms with Crippen molar-refractivity contribution < 1.29 is 19.2 Å². The number of carbonyl (C=O) groups excluding carboxylic acids is 2. The van der Waals surface area contributed by atoms with Gasteiger partial charge in [-0.05, 0) is 33.3 Å². The molecule has 0 spiro atoms. The molecule has 0 aromatic heterocycles. The van der Waals surface area contributed by atoms with E-state index >= 15 is 0 Å². The molecule has 120 valence electrons. The van der Waals surface area contributed by atoms with E-state index in [1.54, 1.807) is 20.8 Å². The van der Waals surface area contributed by atoms with Crippen LogP contribution in [-0.4, -0.2) is 35.3 Å². The van der Waals surface area contributed by atoms with Gasteiger partial charge in [-0.1, -0.05) is 29.8 Å². The number of benzene rings is 1. The molecule has 1 aromatic carbocycles. The fourth-order valence-electron chi connectivity index (χ4n) is 2.01. The van der Waals surface area contributed by atoms with Gasteiger partial charge in [-0.3, -0.25) is 9.63 Å². The van der Waals surface area contributed by atoms with E-state index < -0.39 is 17.7 Å². The number of ether oxygens (including phenoxy) is 1. The molecule has 1 saturated heterocycles. The zero-order valence-electron chi connectivity index (χ0n) is 13.4. The Bertz CT molecular complexity index is 548. The molecular weight excluding hydrogens is 284 g/mol. The van der Waals surface area contributed by atoms with Crippen molar-refractivity contribution in [2.45, 2.75) is 45.9 Å². The maximum absolute atomic E-state index is 12.2. The van der Waals surface area contributed by atoms with Crippen molar-refractivity contribution in [3.05, 3.63) is 35.4 Å². The van der Waals surface area contributed by atoms with Crippen molar-refractivity contribution in [3.8, 4) is 0 Å². The van der Waals surface area contributed by atoms with E-state index in [1.165, 1.54) is 5.06 Å². The van der Waals surface area contributed by atoms with Crippen LogP contribution in [0, 0.1) is 6.92 Å². The van der Waals surface area contributed by atoms with Crippen LogP contribution in [0.25, 0.3) is 0 Å². The molecule has 0 radical (unpaired) electrons. The van der Waals surface area contributed by atoms with Crippen molar-refractivity contribution in [1.82, 2.24) is 10.4 Å². The summed E-state index contributed by atoms with van der Waals surface area (Å²) in [7, 11) is 0. The van der Waals surface area contributed by atoms with Crippen molar-refractivity contribution >= 4 is 12.0 Å². The molecule has 2 rings (SSSR count). The predicted molar refractivity (Wildman–Crippen MR) is 80.8 cm³/mol. The van der Waals surface area contributed by atoms with Gasteiger partial charge in [0.1, 0.15) is 18.2 Å². The normalized spacial score (nSPS) is 18.5. The third-order valence-electron chi connectivity index (χ3n) is 3.08. The van der Waals surface area contributed by atoms with Crippen molar-refractivity contribution in [3.63, 3.8) is 0 Å². The van der Waals surface area contributed by atoms with Gasteiger partial charge in [0.05, 0.1) is 6.54 Å². The molecular formula is C16H22N2O4. The molecule has 0 saturated carbocycles. The Balaban J connectivity index is 1.89. The molecule has 1 atom stereocenters. The van der Waals surface area contributed by atoms with E-state index in [1.807, 2.05) is 31.2 Å². The number of nitrogens with zero attached hydrogens (tertiary/aromatic N) is 1. The summed E-state index contributed by atoms with van der Waals surface area (Å²) < 4.78 is 5.14. The third-order valence-corrected chi connectivity index (χ3v) is 3.08. The van der Waals surface area contributed by atoms with Gasteiger partial charge in [0, 0.05) is 0 Å². The van der Waals surface area contributed by atoms with Crippen LogP contribution in [-0.2, 0) is 20.9 Å². The minimum atomic E-state index is -0.708. The zero-order valence-corrected chi connectivity index (χ0v) is 13.4. The summed E-state index contributed by atoms with van der Waals surface area (Å²) in [6.45, 7) is 7.77. The lowest BCUT2D eigenvalue weighted by Crippen LogP contribution is -2.44. The van der Waals surface area contributed by atoms with E-state index in [-0.39, 0.29) is 12.5 Å². The molecule has 1 aromatic rings. The van der Waals surface area contributed by atoms with Crippen molar-refractivity contribution in [2.24, 2.45) is 0 Å². The van der Waals surface area contributed by atoms with Gasteiger partial charge in [0.15, 0.2) is 0 Å². The number of hydrogen-bond donors (Lipinski definition) is 1. The number of carbonyl (C=O) groups is 2. The molecule has 1 fully saturated rings. The van der Waals surface area contributed by atoms with Crippen molar-refractivity contribution in [2.75, 3.05) is 6.61 Å². The molecule has 1 aliphatic rings.